The summed E-state index contributed by atoms with van der Waals surface area (Å²) in [4.78, 5) is 0. The van der Waals surface area contributed by atoms with E-state index in [0.717, 1.165) is 5.69 Å². The van der Waals surface area contributed by atoms with Gasteiger partial charge < -0.3 is 10.1 Å². The zero-order valence-electron chi connectivity index (χ0n) is 10.3. The molecule has 0 atom stereocenters. The number of benzene rings is 2. The fraction of sp³-hybridized carbons (Fsp3) is 0. The monoisotopic (exact) mass is 303 g/mol. The minimum Gasteiger partial charge on any atom is -0.457 e. The number of anilines is 1. The van der Waals surface area contributed by atoms with Crippen molar-refractivity contribution in [2.24, 2.45) is 0 Å². The molecule has 0 bridgehead atoms. The van der Waals surface area contributed by atoms with Crippen molar-refractivity contribution in [1.29, 1.82) is 5.26 Å². The van der Waals surface area contributed by atoms with Gasteiger partial charge in [-0.2, -0.15) is 5.26 Å². The van der Waals surface area contributed by atoms with Crippen molar-refractivity contribution in [1.82, 2.24) is 5.32 Å². The molecular weight excluding hydrogens is 294 g/mol. The molecule has 4 nitrogen and oxygen atoms in total. The quantitative estimate of drug-likeness (QED) is 0.511. The second-order valence-corrected chi connectivity index (χ2v) is 4.62. The molecule has 100 valence electrons. The molecule has 0 aromatic heterocycles. The topological polar surface area (TPSA) is 57.1 Å². The van der Waals surface area contributed by atoms with E-state index in [-0.39, 0.29) is 5.11 Å². The van der Waals surface area contributed by atoms with Crippen molar-refractivity contribution in [3.63, 3.8) is 0 Å². The molecule has 2 N–H and O–H groups in total. The molecule has 0 fully saturated rings. The zero-order chi connectivity index (χ0) is 14.4. The van der Waals surface area contributed by atoms with Gasteiger partial charge in [-0.3, -0.25) is 5.32 Å². The predicted octanol–water partition coefficient (Wildman–Crippen LogP) is 3.90. The number of hydrogen-bond donors (Lipinski definition) is 2. The van der Waals surface area contributed by atoms with Crippen LogP contribution in [0, 0.1) is 11.5 Å². The highest BCUT2D eigenvalue weighted by Gasteiger charge is 1.99. The number of rotatable bonds is 3. The predicted molar refractivity (Wildman–Crippen MR) is 82.9 cm³/mol. The Balaban J connectivity index is 1.99. The third kappa shape index (κ3) is 4.12. The first-order chi connectivity index (χ1) is 9.67. The number of hydrogen-bond acceptors (Lipinski definition) is 3. The summed E-state index contributed by atoms with van der Waals surface area (Å²) in [6.45, 7) is 0. The minimum absolute atomic E-state index is 0.249. The van der Waals surface area contributed by atoms with Crippen LogP contribution < -0.4 is 15.4 Å². The average molecular weight is 304 g/mol. The maximum absolute atomic E-state index is 8.42. The first-order valence-electron chi connectivity index (χ1n) is 5.67. The Kier molecular flexibility index (Phi) is 4.77. The Morgan fingerprint density at radius 2 is 1.60 bits per heavy atom. The number of halogens is 1. The number of nitrogens with one attached hydrogen (secondary N) is 2. The van der Waals surface area contributed by atoms with E-state index in [4.69, 9.17) is 33.8 Å². The standard InChI is InChI=1S/C14H10ClN3OS/c15-10-1-5-12(6-2-10)19-13-7-3-11(4-8-13)18-14(20)17-9-16/h1-8H,(H2,17,18,20). The smallest absolute Gasteiger partial charge is 0.184 e. The van der Waals surface area contributed by atoms with Crippen LogP contribution in [0.4, 0.5) is 5.69 Å². The molecule has 20 heavy (non-hydrogen) atoms. The van der Waals surface area contributed by atoms with Crippen LogP contribution in [-0.2, 0) is 0 Å². The van der Waals surface area contributed by atoms with Gasteiger partial charge in [-0.15, -0.1) is 0 Å². The molecule has 0 aliphatic rings. The van der Waals surface area contributed by atoms with Crippen LogP contribution in [0.1, 0.15) is 0 Å². The van der Waals surface area contributed by atoms with E-state index in [1.807, 2.05) is 0 Å². The molecule has 2 aromatic carbocycles. The highest BCUT2D eigenvalue weighted by Crippen LogP contribution is 2.24. The van der Waals surface area contributed by atoms with E-state index in [1.165, 1.54) is 0 Å². The summed E-state index contributed by atoms with van der Waals surface area (Å²) in [7, 11) is 0. The molecule has 0 heterocycles. The van der Waals surface area contributed by atoms with E-state index in [1.54, 1.807) is 54.7 Å². The fourth-order valence-electron chi connectivity index (χ4n) is 1.46. The largest absolute Gasteiger partial charge is 0.457 e. The fourth-order valence-corrected chi connectivity index (χ4v) is 1.75. The number of nitrogens with zero attached hydrogens (tertiary/aromatic N) is 1. The lowest BCUT2D eigenvalue weighted by atomic mass is 10.3. The number of nitriles is 1. The van der Waals surface area contributed by atoms with Gasteiger partial charge in [0.25, 0.3) is 0 Å². The van der Waals surface area contributed by atoms with E-state index in [2.05, 4.69) is 10.6 Å². The summed E-state index contributed by atoms with van der Waals surface area (Å²) in [6.07, 6.45) is 1.75. The van der Waals surface area contributed by atoms with Gasteiger partial charge in [-0.05, 0) is 60.7 Å². The van der Waals surface area contributed by atoms with Crippen LogP contribution >= 0.6 is 23.8 Å². The molecule has 0 saturated heterocycles. The van der Waals surface area contributed by atoms with Gasteiger partial charge in [-0.25, -0.2) is 0 Å². The lowest BCUT2D eigenvalue weighted by molar-refractivity contribution is 0.483. The van der Waals surface area contributed by atoms with Crippen molar-refractivity contribution in [2.75, 3.05) is 5.32 Å². The third-order valence-corrected chi connectivity index (χ3v) is 2.79. The van der Waals surface area contributed by atoms with Crippen molar-refractivity contribution in [2.45, 2.75) is 0 Å². The molecule has 0 amide bonds. The second-order valence-electron chi connectivity index (χ2n) is 3.77. The van der Waals surface area contributed by atoms with Crippen LogP contribution in [0.2, 0.25) is 5.02 Å². The van der Waals surface area contributed by atoms with E-state index in [9.17, 15) is 0 Å². The summed E-state index contributed by atoms with van der Waals surface area (Å²) in [6, 6.07) is 14.3. The maximum Gasteiger partial charge on any atom is 0.184 e. The Morgan fingerprint density at radius 3 is 2.15 bits per heavy atom. The van der Waals surface area contributed by atoms with Gasteiger partial charge in [0.1, 0.15) is 11.5 Å². The van der Waals surface area contributed by atoms with Crippen molar-refractivity contribution in [3.8, 4) is 17.7 Å². The normalized spacial score (nSPS) is 9.40. The first kappa shape index (κ1) is 14.1. The minimum atomic E-state index is 0.249. The van der Waals surface area contributed by atoms with Crippen molar-refractivity contribution >= 4 is 34.6 Å². The molecule has 2 aromatic rings. The molecular formula is C14H10ClN3OS. The Bertz CT molecular complexity index is 635. The number of thiocarbonyl (C=S) groups is 1. The van der Waals surface area contributed by atoms with Crippen LogP contribution in [0.5, 0.6) is 11.5 Å². The van der Waals surface area contributed by atoms with Gasteiger partial charge in [0.2, 0.25) is 0 Å². The average Bonchev–Trinajstić information content (AvgIpc) is 2.44. The highest BCUT2D eigenvalue weighted by atomic mass is 35.5. The molecule has 0 aliphatic heterocycles. The lowest BCUT2D eigenvalue weighted by Gasteiger charge is -2.08. The Hall–Kier alpha value is -2.29. The third-order valence-electron chi connectivity index (χ3n) is 2.33. The van der Waals surface area contributed by atoms with Gasteiger partial charge in [0.05, 0.1) is 0 Å². The maximum atomic E-state index is 8.42. The Labute approximate surface area is 126 Å². The summed E-state index contributed by atoms with van der Waals surface area (Å²) < 4.78 is 5.65. The summed E-state index contributed by atoms with van der Waals surface area (Å²) >= 11 is 10.7. The van der Waals surface area contributed by atoms with Crippen LogP contribution in [0.3, 0.4) is 0 Å². The van der Waals surface area contributed by atoms with E-state index in [0.29, 0.717) is 16.5 Å². The second kappa shape index (κ2) is 6.75. The van der Waals surface area contributed by atoms with Crippen molar-refractivity contribution < 1.29 is 4.74 Å². The molecule has 0 unspecified atom stereocenters. The SMILES string of the molecule is N#CNC(=S)Nc1ccc(Oc2ccc(Cl)cc2)cc1. The van der Waals surface area contributed by atoms with Crippen molar-refractivity contribution in [3.05, 3.63) is 53.6 Å². The van der Waals surface area contributed by atoms with Gasteiger partial charge in [0, 0.05) is 10.7 Å². The lowest BCUT2D eigenvalue weighted by Crippen LogP contribution is -2.23. The van der Waals surface area contributed by atoms with Crippen LogP contribution in [0.15, 0.2) is 48.5 Å². The molecule has 2 rings (SSSR count). The highest BCUT2D eigenvalue weighted by molar-refractivity contribution is 7.80. The van der Waals surface area contributed by atoms with Gasteiger partial charge in [0.15, 0.2) is 11.3 Å². The Morgan fingerprint density at radius 1 is 1.05 bits per heavy atom. The molecule has 0 aliphatic carbocycles. The number of ether oxygens (including phenoxy) is 1. The van der Waals surface area contributed by atoms with Gasteiger partial charge >= 0.3 is 0 Å². The van der Waals surface area contributed by atoms with Gasteiger partial charge in [-0.1, -0.05) is 11.6 Å². The first-order valence-corrected chi connectivity index (χ1v) is 6.45. The summed E-state index contributed by atoms with van der Waals surface area (Å²) in [5.41, 5.74) is 0.765. The van der Waals surface area contributed by atoms with Crippen LogP contribution in [0.25, 0.3) is 0 Å². The molecule has 6 heteroatoms. The summed E-state index contributed by atoms with van der Waals surface area (Å²) in [5, 5.41) is 14.5. The molecule has 0 saturated carbocycles. The van der Waals surface area contributed by atoms with E-state index >= 15 is 0 Å². The molecule has 0 radical (unpaired) electrons. The molecule has 0 spiro atoms. The van der Waals surface area contributed by atoms with Crippen LogP contribution in [-0.4, -0.2) is 5.11 Å². The zero-order valence-corrected chi connectivity index (χ0v) is 11.8. The summed E-state index contributed by atoms with van der Waals surface area (Å²) in [5.74, 6) is 1.40. The van der Waals surface area contributed by atoms with E-state index < -0.39 is 0 Å².